The maximum Gasteiger partial charge on any atom is 0.303 e. The molecule has 0 bridgehead atoms. The zero-order chi connectivity index (χ0) is 20.1. The number of nitriles is 1. The number of hydrogen-bond acceptors (Lipinski definition) is 5. The number of hydrogen-bond donors (Lipinski definition) is 1. The Morgan fingerprint density at radius 3 is 2.89 bits per heavy atom. The molecule has 1 saturated carbocycles. The van der Waals surface area contributed by atoms with Crippen molar-refractivity contribution in [3.8, 4) is 11.9 Å². The van der Waals surface area contributed by atoms with Crippen LogP contribution in [0.15, 0.2) is 30.7 Å². The van der Waals surface area contributed by atoms with E-state index in [-0.39, 0.29) is 24.1 Å². The van der Waals surface area contributed by atoms with E-state index in [1.807, 2.05) is 0 Å². The Bertz CT molecular complexity index is 1130. The molecule has 0 aliphatic heterocycles. The fraction of sp³-hybridized carbons (Fsp3) is 0.316. The van der Waals surface area contributed by atoms with E-state index in [2.05, 4.69) is 21.0 Å². The van der Waals surface area contributed by atoms with Gasteiger partial charge in [0.1, 0.15) is 5.82 Å². The predicted molar refractivity (Wildman–Crippen MR) is 95.6 cm³/mol. The molecule has 3 heterocycles. The van der Waals surface area contributed by atoms with Crippen LogP contribution >= 0.6 is 0 Å². The largest absolute Gasteiger partial charge is 0.369 e. The number of fused-ring (bicyclic) bond motifs is 1. The summed E-state index contributed by atoms with van der Waals surface area (Å²) in [5.41, 5.74) is 7.29. The van der Waals surface area contributed by atoms with Crippen molar-refractivity contribution in [2.24, 2.45) is 11.7 Å². The van der Waals surface area contributed by atoms with Gasteiger partial charge in [-0.1, -0.05) is 0 Å². The highest BCUT2D eigenvalue weighted by molar-refractivity contribution is 5.87. The van der Waals surface area contributed by atoms with Crippen molar-refractivity contribution in [2.45, 2.75) is 31.6 Å². The molecule has 3 aromatic heterocycles. The zero-order valence-corrected chi connectivity index (χ0v) is 14.9. The van der Waals surface area contributed by atoms with Gasteiger partial charge in [0.05, 0.1) is 29.6 Å². The molecule has 1 amide bonds. The molecule has 142 valence electrons. The maximum absolute atomic E-state index is 13.7. The van der Waals surface area contributed by atoms with Gasteiger partial charge in [0.2, 0.25) is 11.7 Å². The van der Waals surface area contributed by atoms with Crippen LogP contribution in [0.25, 0.3) is 16.7 Å². The van der Waals surface area contributed by atoms with Gasteiger partial charge in [-0.15, -0.1) is 0 Å². The summed E-state index contributed by atoms with van der Waals surface area (Å²) >= 11 is 0. The van der Waals surface area contributed by atoms with E-state index in [1.54, 1.807) is 23.0 Å². The van der Waals surface area contributed by atoms with Crippen LogP contribution < -0.4 is 5.73 Å². The van der Waals surface area contributed by atoms with E-state index in [9.17, 15) is 18.8 Å². The highest BCUT2D eigenvalue weighted by Crippen LogP contribution is 2.49. The second kappa shape index (κ2) is 6.34. The summed E-state index contributed by atoms with van der Waals surface area (Å²) in [6, 6.07) is 5.47. The van der Waals surface area contributed by atoms with Gasteiger partial charge < -0.3 is 10.3 Å². The molecule has 1 aliphatic carbocycles. The van der Waals surface area contributed by atoms with Gasteiger partial charge in [0.15, 0.2) is 0 Å². The minimum atomic E-state index is -3.18. The average Bonchev–Trinajstić information content (AvgIpc) is 3.33. The van der Waals surface area contributed by atoms with Crippen LogP contribution in [0.1, 0.15) is 36.3 Å². The molecule has 0 unspecified atom stereocenters. The molecule has 3 aromatic rings. The van der Waals surface area contributed by atoms with E-state index >= 15 is 0 Å². The van der Waals surface area contributed by atoms with Crippen molar-refractivity contribution in [3.05, 3.63) is 47.8 Å². The summed E-state index contributed by atoms with van der Waals surface area (Å²) < 4.78 is 29.0. The van der Waals surface area contributed by atoms with E-state index in [0.717, 1.165) is 24.3 Å². The smallest absolute Gasteiger partial charge is 0.303 e. The lowest BCUT2D eigenvalue weighted by molar-refractivity contribution is -0.117. The van der Waals surface area contributed by atoms with Gasteiger partial charge in [0, 0.05) is 36.8 Å². The molecular formula is C19H16F2N6O. The van der Waals surface area contributed by atoms with Gasteiger partial charge >= 0.3 is 5.92 Å². The molecule has 7 nitrogen and oxygen atoms in total. The Morgan fingerprint density at radius 2 is 2.25 bits per heavy atom. The first kappa shape index (κ1) is 18.0. The number of halogens is 2. The van der Waals surface area contributed by atoms with Crippen LogP contribution in [0.2, 0.25) is 0 Å². The number of primary amides is 1. The van der Waals surface area contributed by atoms with E-state index in [0.29, 0.717) is 11.2 Å². The van der Waals surface area contributed by atoms with Crippen molar-refractivity contribution in [2.75, 3.05) is 0 Å². The third-order valence-corrected chi connectivity index (χ3v) is 4.77. The lowest BCUT2D eigenvalue weighted by Crippen LogP contribution is -2.15. The molecule has 28 heavy (non-hydrogen) atoms. The molecule has 4 rings (SSSR count). The zero-order valence-electron chi connectivity index (χ0n) is 14.9. The Labute approximate surface area is 158 Å². The molecule has 0 saturated heterocycles. The first-order valence-electron chi connectivity index (χ1n) is 8.67. The minimum Gasteiger partial charge on any atom is -0.369 e. The lowest BCUT2D eigenvalue weighted by atomic mass is 10.1. The van der Waals surface area contributed by atoms with Gasteiger partial charge in [-0.25, -0.2) is 9.97 Å². The summed E-state index contributed by atoms with van der Waals surface area (Å²) in [6.07, 6.45) is 5.40. The summed E-state index contributed by atoms with van der Waals surface area (Å²) in [6.45, 7) is 0.738. The second-order valence-corrected chi connectivity index (χ2v) is 6.99. The summed E-state index contributed by atoms with van der Waals surface area (Å²) in [4.78, 5) is 23.2. The van der Waals surface area contributed by atoms with E-state index in [4.69, 9.17) is 5.73 Å². The minimum absolute atomic E-state index is 0.0389. The lowest BCUT2D eigenvalue weighted by Gasteiger charge is -2.11. The topological polar surface area (TPSA) is 110 Å². The number of nitrogens with two attached hydrogens (primary N) is 1. The Hall–Kier alpha value is -3.41. The third kappa shape index (κ3) is 3.17. The first-order chi connectivity index (χ1) is 13.3. The molecule has 2 atom stereocenters. The van der Waals surface area contributed by atoms with Crippen LogP contribution in [0, 0.1) is 17.2 Å². The van der Waals surface area contributed by atoms with Crippen molar-refractivity contribution in [3.63, 3.8) is 0 Å². The van der Waals surface area contributed by atoms with Gasteiger partial charge in [-0.3, -0.25) is 9.78 Å². The van der Waals surface area contributed by atoms with Crippen LogP contribution in [0.3, 0.4) is 0 Å². The highest BCUT2D eigenvalue weighted by Gasteiger charge is 2.40. The molecule has 1 aliphatic rings. The highest BCUT2D eigenvalue weighted by atomic mass is 19.3. The van der Waals surface area contributed by atoms with Crippen LogP contribution in [0.4, 0.5) is 8.78 Å². The van der Waals surface area contributed by atoms with E-state index in [1.165, 1.54) is 12.3 Å². The fourth-order valence-electron chi connectivity index (χ4n) is 3.32. The van der Waals surface area contributed by atoms with Gasteiger partial charge in [-0.05, 0) is 24.1 Å². The van der Waals surface area contributed by atoms with Crippen molar-refractivity contribution >= 4 is 16.8 Å². The van der Waals surface area contributed by atoms with E-state index < -0.39 is 17.7 Å². The monoisotopic (exact) mass is 382 g/mol. The van der Waals surface area contributed by atoms with Crippen molar-refractivity contribution in [1.29, 1.82) is 5.26 Å². The first-order valence-corrected chi connectivity index (χ1v) is 8.67. The number of carbonyl (C=O) groups excluding carboxylic acids is 1. The Balaban J connectivity index is 1.89. The van der Waals surface area contributed by atoms with Crippen molar-refractivity contribution in [1.82, 2.24) is 19.5 Å². The van der Waals surface area contributed by atoms with Crippen molar-refractivity contribution < 1.29 is 13.6 Å². The molecule has 1 fully saturated rings. The average molecular weight is 382 g/mol. The van der Waals surface area contributed by atoms with Gasteiger partial charge in [-0.2, -0.15) is 14.0 Å². The number of alkyl halides is 2. The predicted octanol–water partition coefficient (Wildman–Crippen LogP) is 2.58. The summed E-state index contributed by atoms with van der Waals surface area (Å²) in [5, 5.41) is 9.97. The SMILES string of the molecule is CC(F)(F)c1nccc(-n2cc([C@H]3C[C@@H]3C#N)c3cnc(CC(N)=O)cc32)n1. The molecule has 0 aromatic carbocycles. The number of rotatable bonds is 5. The number of carbonyl (C=O) groups is 1. The quantitative estimate of drug-likeness (QED) is 0.729. The maximum atomic E-state index is 13.7. The molecule has 0 radical (unpaired) electrons. The van der Waals surface area contributed by atoms with Crippen LogP contribution in [-0.4, -0.2) is 25.4 Å². The number of amides is 1. The standard InChI is InChI=1S/C19H16F2N6O/c1-19(20,21)18-24-3-2-17(26-18)27-9-14(12-4-10(12)7-22)13-8-25-11(5-15(13)27)6-16(23)28/h2-3,5,8-10,12H,4,6H2,1H3,(H2,23,28)/t10-,12+/m1/s1. The normalized spacial score (nSPS) is 18.8. The van der Waals surface area contributed by atoms with Crippen LogP contribution in [0.5, 0.6) is 0 Å². The number of nitrogens with zero attached hydrogens (tertiary/aromatic N) is 5. The number of pyridine rings is 1. The summed E-state index contributed by atoms with van der Waals surface area (Å²) in [5.74, 6) is -4.03. The molecule has 0 spiro atoms. The Kier molecular flexibility index (Phi) is 4.07. The molecule has 9 heteroatoms. The van der Waals surface area contributed by atoms with Gasteiger partial charge in [0.25, 0.3) is 0 Å². The Morgan fingerprint density at radius 1 is 1.46 bits per heavy atom. The number of aromatic nitrogens is 4. The second-order valence-electron chi connectivity index (χ2n) is 6.99. The summed E-state index contributed by atoms with van der Waals surface area (Å²) in [7, 11) is 0. The third-order valence-electron chi connectivity index (χ3n) is 4.77. The molecule has 2 N–H and O–H groups in total. The molecular weight excluding hydrogens is 366 g/mol. The fourth-order valence-corrected chi connectivity index (χ4v) is 3.32. The van der Waals surface area contributed by atoms with Crippen LogP contribution in [-0.2, 0) is 17.1 Å².